The maximum Gasteiger partial charge on any atom is 0.342 e. The number of benzene rings is 1. The van der Waals surface area contributed by atoms with E-state index in [1.54, 1.807) is 6.07 Å². The molecule has 0 spiro atoms. The fourth-order valence-electron chi connectivity index (χ4n) is 1.81. The Bertz CT molecular complexity index is 411. The van der Waals surface area contributed by atoms with Gasteiger partial charge in [-0.1, -0.05) is 0 Å². The molecule has 80 valence electrons. The van der Waals surface area contributed by atoms with Crippen LogP contribution >= 0.6 is 0 Å². The second-order valence-electron chi connectivity index (χ2n) is 3.56. The number of fused-ring (bicyclic) bond motifs is 1. The number of aromatic hydroxyl groups is 1. The summed E-state index contributed by atoms with van der Waals surface area (Å²) in [7, 11) is 1.54. The van der Waals surface area contributed by atoms with Crippen molar-refractivity contribution >= 4 is 5.97 Å². The fraction of sp³-hybridized carbons (Fsp3) is 0.364. The van der Waals surface area contributed by atoms with E-state index in [4.69, 9.17) is 9.47 Å². The molecular weight excluding hydrogens is 196 g/mol. The van der Waals surface area contributed by atoms with E-state index in [1.165, 1.54) is 13.2 Å². The summed E-state index contributed by atoms with van der Waals surface area (Å²) in [5.41, 5.74) is 0.953. The number of methoxy groups -OCH3 is 1. The molecule has 0 radical (unpaired) electrons. The summed E-state index contributed by atoms with van der Waals surface area (Å²) in [5, 5.41) is 9.58. The Kier molecular flexibility index (Phi) is 2.26. The van der Waals surface area contributed by atoms with Crippen LogP contribution in [0.15, 0.2) is 12.1 Å². The summed E-state index contributed by atoms with van der Waals surface area (Å²) in [6, 6.07) is 3.09. The summed E-state index contributed by atoms with van der Waals surface area (Å²) < 4.78 is 10.2. The topological polar surface area (TPSA) is 55.8 Å². The molecule has 0 fully saturated rings. The Morgan fingerprint density at radius 1 is 1.53 bits per heavy atom. The Labute approximate surface area is 87.4 Å². The minimum absolute atomic E-state index is 0.0531. The van der Waals surface area contributed by atoms with Gasteiger partial charge in [0.05, 0.1) is 7.11 Å². The SMILES string of the molecule is COc1ccc(O)c2c1CC(C)OC2=O. The van der Waals surface area contributed by atoms with Gasteiger partial charge in [-0.3, -0.25) is 0 Å². The highest BCUT2D eigenvalue weighted by Gasteiger charge is 2.29. The number of hydrogen-bond acceptors (Lipinski definition) is 4. The van der Waals surface area contributed by atoms with Crippen LogP contribution in [0.25, 0.3) is 0 Å². The molecule has 1 unspecified atom stereocenters. The molecule has 1 aliphatic rings. The van der Waals surface area contributed by atoms with Crippen molar-refractivity contribution in [2.45, 2.75) is 19.4 Å². The minimum atomic E-state index is -0.486. The highest BCUT2D eigenvalue weighted by molar-refractivity contribution is 5.96. The molecule has 2 rings (SSSR count). The van der Waals surface area contributed by atoms with Crippen LogP contribution in [0.4, 0.5) is 0 Å². The second-order valence-corrected chi connectivity index (χ2v) is 3.56. The quantitative estimate of drug-likeness (QED) is 0.710. The molecule has 0 aromatic heterocycles. The number of cyclic esters (lactones) is 1. The molecule has 4 heteroatoms. The van der Waals surface area contributed by atoms with E-state index in [2.05, 4.69) is 0 Å². The first-order chi connectivity index (χ1) is 7.13. The molecule has 0 aliphatic carbocycles. The summed E-state index contributed by atoms with van der Waals surface area (Å²) in [4.78, 5) is 11.5. The summed E-state index contributed by atoms with van der Waals surface area (Å²) in [6.07, 6.45) is 0.388. The molecule has 0 saturated carbocycles. The first kappa shape index (κ1) is 9.83. The van der Waals surface area contributed by atoms with E-state index in [0.29, 0.717) is 12.2 Å². The lowest BCUT2D eigenvalue weighted by Crippen LogP contribution is -2.25. The van der Waals surface area contributed by atoms with Gasteiger partial charge in [-0.05, 0) is 19.1 Å². The fourth-order valence-corrected chi connectivity index (χ4v) is 1.81. The third kappa shape index (κ3) is 1.52. The molecule has 1 N–H and O–H groups in total. The van der Waals surface area contributed by atoms with E-state index in [-0.39, 0.29) is 17.4 Å². The van der Waals surface area contributed by atoms with E-state index < -0.39 is 5.97 Å². The highest BCUT2D eigenvalue weighted by Crippen LogP contribution is 2.34. The number of carbonyl (C=O) groups excluding carboxylic acids is 1. The first-order valence-corrected chi connectivity index (χ1v) is 4.73. The Morgan fingerprint density at radius 3 is 2.93 bits per heavy atom. The van der Waals surface area contributed by atoms with Crippen LogP contribution in [0.1, 0.15) is 22.8 Å². The Morgan fingerprint density at radius 2 is 2.27 bits per heavy atom. The number of ether oxygens (including phenoxy) is 2. The number of phenols is 1. The maximum absolute atomic E-state index is 11.5. The molecule has 15 heavy (non-hydrogen) atoms. The van der Waals surface area contributed by atoms with Crippen LogP contribution in [0, 0.1) is 0 Å². The third-order valence-corrected chi connectivity index (χ3v) is 2.47. The van der Waals surface area contributed by atoms with Crippen molar-refractivity contribution in [1.82, 2.24) is 0 Å². The summed E-state index contributed by atoms with van der Waals surface area (Å²) in [5.74, 6) is 0.0779. The van der Waals surface area contributed by atoms with Crippen molar-refractivity contribution in [3.05, 3.63) is 23.3 Å². The van der Waals surface area contributed by atoms with E-state index in [0.717, 1.165) is 5.56 Å². The Hall–Kier alpha value is -1.71. The average molecular weight is 208 g/mol. The van der Waals surface area contributed by atoms with Gasteiger partial charge in [0.25, 0.3) is 0 Å². The Balaban J connectivity index is 2.61. The predicted octanol–water partition coefficient (Wildman–Crippen LogP) is 1.50. The van der Waals surface area contributed by atoms with Crippen molar-refractivity contribution in [1.29, 1.82) is 0 Å². The van der Waals surface area contributed by atoms with Gasteiger partial charge < -0.3 is 14.6 Å². The smallest absolute Gasteiger partial charge is 0.342 e. The van der Waals surface area contributed by atoms with Gasteiger partial charge in [0.15, 0.2) is 0 Å². The number of rotatable bonds is 1. The van der Waals surface area contributed by atoms with Gasteiger partial charge in [0.1, 0.15) is 23.2 Å². The molecule has 0 amide bonds. The van der Waals surface area contributed by atoms with E-state index >= 15 is 0 Å². The van der Waals surface area contributed by atoms with Gasteiger partial charge in [-0.15, -0.1) is 0 Å². The van der Waals surface area contributed by atoms with Crippen molar-refractivity contribution in [2.75, 3.05) is 7.11 Å². The monoisotopic (exact) mass is 208 g/mol. The molecule has 1 aromatic carbocycles. The average Bonchev–Trinajstić information content (AvgIpc) is 2.17. The van der Waals surface area contributed by atoms with Crippen LogP contribution in [-0.2, 0) is 11.2 Å². The van der Waals surface area contributed by atoms with Crippen LogP contribution in [0.2, 0.25) is 0 Å². The van der Waals surface area contributed by atoms with E-state index in [9.17, 15) is 9.90 Å². The standard InChI is InChI=1S/C11H12O4/c1-6-5-7-9(14-2)4-3-8(12)10(7)11(13)15-6/h3-4,6,12H,5H2,1-2H3. The van der Waals surface area contributed by atoms with E-state index in [1.807, 2.05) is 6.92 Å². The molecule has 1 heterocycles. The number of phenolic OH excluding ortho intramolecular Hbond substituents is 1. The van der Waals surface area contributed by atoms with Gasteiger partial charge in [-0.25, -0.2) is 4.79 Å². The molecule has 0 saturated heterocycles. The second kappa shape index (κ2) is 3.46. The zero-order chi connectivity index (χ0) is 11.0. The third-order valence-electron chi connectivity index (χ3n) is 2.47. The van der Waals surface area contributed by atoms with Gasteiger partial charge in [0.2, 0.25) is 0 Å². The lowest BCUT2D eigenvalue weighted by atomic mass is 9.97. The van der Waals surface area contributed by atoms with Crippen LogP contribution in [0.3, 0.4) is 0 Å². The first-order valence-electron chi connectivity index (χ1n) is 4.73. The van der Waals surface area contributed by atoms with Gasteiger partial charge in [0, 0.05) is 12.0 Å². The molecular formula is C11H12O4. The zero-order valence-electron chi connectivity index (χ0n) is 8.61. The number of hydrogen-bond donors (Lipinski definition) is 1. The van der Waals surface area contributed by atoms with Crippen LogP contribution in [0.5, 0.6) is 11.5 Å². The van der Waals surface area contributed by atoms with Gasteiger partial charge in [-0.2, -0.15) is 0 Å². The van der Waals surface area contributed by atoms with Crippen molar-refractivity contribution in [3.8, 4) is 11.5 Å². The lowest BCUT2D eigenvalue weighted by molar-refractivity contribution is 0.0294. The molecule has 1 aliphatic heterocycles. The van der Waals surface area contributed by atoms with Crippen LogP contribution in [-0.4, -0.2) is 24.3 Å². The number of esters is 1. The molecule has 1 atom stereocenters. The largest absolute Gasteiger partial charge is 0.507 e. The van der Waals surface area contributed by atoms with Gasteiger partial charge >= 0.3 is 5.97 Å². The van der Waals surface area contributed by atoms with Crippen molar-refractivity contribution in [3.63, 3.8) is 0 Å². The summed E-state index contributed by atoms with van der Waals surface area (Å²) in [6.45, 7) is 1.81. The maximum atomic E-state index is 11.5. The summed E-state index contributed by atoms with van der Waals surface area (Å²) >= 11 is 0. The van der Waals surface area contributed by atoms with Crippen molar-refractivity contribution < 1.29 is 19.4 Å². The van der Waals surface area contributed by atoms with Crippen molar-refractivity contribution in [2.24, 2.45) is 0 Å². The normalized spacial score (nSPS) is 19.3. The zero-order valence-corrected chi connectivity index (χ0v) is 8.61. The predicted molar refractivity (Wildman–Crippen MR) is 53.2 cm³/mol. The van der Waals surface area contributed by atoms with Crippen LogP contribution < -0.4 is 4.74 Å². The highest BCUT2D eigenvalue weighted by atomic mass is 16.5. The number of carbonyl (C=O) groups is 1. The minimum Gasteiger partial charge on any atom is -0.507 e. The molecule has 1 aromatic rings. The lowest BCUT2D eigenvalue weighted by Gasteiger charge is -2.23. The molecule has 4 nitrogen and oxygen atoms in total. The molecule has 0 bridgehead atoms.